The molecule has 2 nitrogen and oxygen atoms in total. The van der Waals surface area contributed by atoms with Gasteiger partial charge in [-0.3, -0.25) is 4.79 Å². The summed E-state index contributed by atoms with van der Waals surface area (Å²) in [4.78, 5) is 11.9. The summed E-state index contributed by atoms with van der Waals surface area (Å²) in [5, 5.41) is 0. The third-order valence-corrected chi connectivity index (χ3v) is 4.89. The monoisotopic (exact) mass is 340 g/mol. The lowest BCUT2D eigenvalue weighted by Gasteiger charge is -2.11. The van der Waals surface area contributed by atoms with Crippen molar-refractivity contribution >= 4 is 5.97 Å². The van der Waals surface area contributed by atoms with E-state index in [0.717, 1.165) is 19.3 Å². The van der Waals surface area contributed by atoms with E-state index in [4.69, 9.17) is 4.74 Å². The minimum atomic E-state index is 0.0152. The van der Waals surface area contributed by atoms with Crippen LogP contribution in [-0.4, -0.2) is 12.6 Å². The number of carbonyl (C=O) groups is 1. The molecule has 0 amide bonds. The Morgan fingerprint density at radius 3 is 1.58 bits per heavy atom. The van der Waals surface area contributed by atoms with Gasteiger partial charge in [-0.15, -0.1) is 0 Å². The van der Waals surface area contributed by atoms with Crippen LogP contribution in [0.15, 0.2) is 0 Å². The third-order valence-electron chi connectivity index (χ3n) is 4.89. The van der Waals surface area contributed by atoms with Gasteiger partial charge >= 0.3 is 5.97 Å². The van der Waals surface area contributed by atoms with Gasteiger partial charge < -0.3 is 4.74 Å². The Morgan fingerprint density at radius 2 is 1.08 bits per heavy atom. The zero-order chi connectivity index (χ0) is 17.9. The second-order valence-electron chi connectivity index (χ2n) is 7.45. The van der Waals surface area contributed by atoms with Gasteiger partial charge in [0.2, 0.25) is 0 Å². The van der Waals surface area contributed by atoms with Gasteiger partial charge in [0.1, 0.15) is 0 Å². The van der Waals surface area contributed by atoms with Crippen molar-refractivity contribution in [1.82, 2.24) is 0 Å². The molecule has 1 atom stereocenters. The van der Waals surface area contributed by atoms with Gasteiger partial charge in [0.25, 0.3) is 0 Å². The second-order valence-corrected chi connectivity index (χ2v) is 7.45. The highest BCUT2D eigenvalue weighted by Gasteiger charge is 2.13. The molecule has 0 aromatic rings. The van der Waals surface area contributed by atoms with Crippen molar-refractivity contribution in [2.45, 2.75) is 124 Å². The van der Waals surface area contributed by atoms with Crippen LogP contribution >= 0.6 is 0 Å². The molecule has 24 heavy (non-hydrogen) atoms. The average molecular weight is 341 g/mol. The van der Waals surface area contributed by atoms with Crippen LogP contribution in [0, 0.1) is 5.92 Å². The van der Waals surface area contributed by atoms with Crippen LogP contribution in [0.2, 0.25) is 0 Å². The first-order valence-electron chi connectivity index (χ1n) is 10.9. The molecule has 144 valence electrons. The van der Waals surface area contributed by atoms with E-state index in [9.17, 15) is 4.79 Å². The summed E-state index contributed by atoms with van der Waals surface area (Å²) in [6.45, 7) is 7.13. The van der Waals surface area contributed by atoms with E-state index in [-0.39, 0.29) is 11.9 Å². The van der Waals surface area contributed by atoms with Crippen LogP contribution in [0.1, 0.15) is 124 Å². The van der Waals surface area contributed by atoms with E-state index in [0.29, 0.717) is 6.61 Å². The van der Waals surface area contributed by atoms with Gasteiger partial charge in [-0.25, -0.2) is 0 Å². The van der Waals surface area contributed by atoms with Crippen LogP contribution in [0.25, 0.3) is 0 Å². The van der Waals surface area contributed by atoms with Gasteiger partial charge in [-0.05, 0) is 12.8 Å². The summed E-state index contributed by atoms with van der Waals surface area (Å²) in [6, 6.07) is 0. The lowest BCUT2D eigenvalue weighted by molar-refractivity contribution is -0.148. The summed E-state index contributed by atoms with van der Waals surface area (Å²) in [5.74, 6) is 0.0937. The largest absolute Gasteiger partial charge is 0.465 e. The molecular formula is C22H44O2. The molecule has 0 saturated heterocycles. The number of carbonyl (C=O) groups excluding carboxylic acids is 1. The predicted octanol–water partition coefficient (Wildman–Crippen LogP) is 7.45. The van der Waals surface area contributed by atoms with Crippen LogP contribution in [-0.2, 0) is 9.53 Å². The van der Waals surface area contributed by atoms with Crippen LogP contribution in [0.5, 0.6) is 0 Å². The highest BCUT2D eigenvalue weighted by atomic mass is 16.5. The Balaban J connectivity index is 3.30. The molecule has 0 saturated carbocycles. The summed E-state index contributed by atoms with van der Waals surface area (Å²) in [7, 11) is 0. The molecule has 0 N–H and O–H groups in total. The number of ether oxygens (including phenoxy) is 1. The van der Waals surface area contributed by atoms with Gasteiger partial charge in [0.15, 0.2) is 0 Å². The molecule has 2 heteroatoms. The van der Waals surface area contributed by atoms with Crippen molar-refractivity contribution in [1.29, 1.82) is 0 Å². The lowest BCUT2D eigenvalue weighted by Crippen LogP contribution is -2.15. The highest BCUT2D eigenvalue weighted by molar-refractivity contribution is 5.71. The van der Waals surface area contributed by atoms with Crippen molar-refractivity contribution in [2.24, 2.45) is 5.92 Å². The molecule has 0 aliphatic rings. The summed E-state index contributed by atoms with van der Waals surface area (Å²) in [6.07, 6.45) is 20.5. The Kier molecular flexibility index (Phi) is 18.4. The fourth-order valence-corrected chi connectivity index (χ4v) is 3.08. The van der Waals surface area contributed by atoms with E-state index in [1.807, 2.05) is 6.92 Å². The standard InChI is InChI=1S/C22H44O2/c1-4-6-8-10-11-12-13-14-16-18-20-24-22(23)21(3)19-17-15-9-7-5-2/h21H,4-20H2,1-3H3. The molecule has 0 rings (SSSR count). The Hall–Kier alpha value is -0.530. The Labute approximate surface area is 152 Å². The van der Waals surface area contributed by atoms with Crippen molar-refractivity contribution in [3.05, 3.63) is 0 Å². The average Bonchev–Trinajstić information content (AvgIpc) is 2.59. The molecule has 0 radical (unpaired) electrons. The first kappa shape index (κ1) is 23.5. The number of unbranched alkanes of at least 4 members (excludes halogenated alkanes) is 13. The first-order chi connectivity index (χ1) is 11.7. The molecule has 0 aromatic heterocycles. The molecule has 0 heterocycles. The van der Waals surface area contributed by atoms with E-state index in [1.165, 1.54) is 83.5 Å². The van der Waals surface area contributed by atoms with Crippen molar-refractivity contribution in [3.63, 3.8) is 0 Å². The Bertz CT molecular complexity index is 263. The molecule has 0 bridgehead atoms. The van der Waals surface area contributed by atoms with Gasteiger partial charge in [0.05, 0.1) is 12.5 Å². The minimum Gasteiger partial charge on any atom is -0.465 e. The highest BCUT2D eigenvalue weighted by Crippen LogP contribution is 2.14. The van der Waals surface area contributed by atoms with Crippen LogP contribution in [0.3, 0.4) is 0 Å². The van der Waals surface area contributed by atoms with Gasteiger partial charge in [-0.2, -0.15) is 0 Å². The van der Waals surface area contributed by atoms with Gasteiger partial charge in [0, 0.05) is 0 Å². The van der Waals surface area contributed by atoms with Crippen molar-refractivity contribution in [2.75, 3.05) is 6.61 Å². The zero-order valence-electron chi connectivity index (χ0n) is 16.9. The normalized spacial score (nSPS) is 12.3. The van der Waals surface area contributed by atoms with Gasteiger partial charge in [-0.1, -0.05) is 111 Å². The van der Waals surface area contributed by atoms with E-state index >= 15 is 0 Å². The maximum atomic E-state index is 11.9. The summed E-state index contributed by atoms with van der Waals surface area (Å²) >= 11 is 0. The smallest absolute Gasteiger partial charge is 0.308 e. The summed E-state index contributed by atoms with van der Waals surface area (Å²) in [5.41, 5.74) is 0. The fraction of sp³-hybridized carbons (Fsp3) is 0.955. The third kappa shape index (κ3) is 16.3. The quantitative estimate of drug-likeness (QED) is 0.191. The lowest BCUT2D eigenvalue weighted by atomic mass is 10.0. The number of esters is 1. The van der Waals surface area contributed by atoms with Crippen molar-refractivity contribution in [3.8, 4) is 0 Å². The van der Waals surface area contributed by atoms with E-state index < -0.39 is 0 Å². The SMILES string of the molecule is CCCCCCCCCCCCOC(=O)C(C)CCCCCCC. The number of rotatable bonds is 18. The van der Waals surface area contributed by atoms with Crippen molar-refractivity contribution < 1.29 is 9.53 Å². The minimum absolute atomic E-state index is 0.0152. The van der Waals surface area contributed by atoms with E-state index in [1.54, 1.807) is 0 Å². The molecule has 0 aliphatic heterocycles. The summed E-state index contributed by atoms with van der Waals surface area (Å²) < 4.78 is 5.42. The van der Waals surface area contributed by atoms with Crippen LogP contribution in [0.4, 0.5) is 0 Å². The fourth-order valence-electron chi connectivity index (χ4n) is 3.08. The number of hydrogen-bond donors (Lipinski definition) is 0. The molecule has 0 spiro atoms. The maximum absolute atomic E-state index is 11.9. The Morgan fingerprint density at radius 1 is 0.667 bits per heavy atom. The zero-order valence-corrected chi connectivity index (χ0v) is 16.9. The molecule has 1 unspecified atom stereocenters. The molecule has 0 aliphatic carbocycles. The number of hydrogen-bond acceptors (Lipinski definition) is 2. The van der Waals surface area contributed by atoms with Crippen LogP contribution < -0.4 is 0 Å². The molecule has 0 aromatic carbocycles. The van der Waals surface area contributed by atoms with E-state index in [2.05, 4.69) is 13.8 Å². The maximum Gasteiger partial charge on any atom is 0.308 e. The first-order valence-corrected chi connectivity index (χ1v) is 10.9. The topological polar surface area (TPSA) is 26.3 Å². The second kappa shape index (κ2) is 18.8. The molecular weight excluding hydrogens is 296 g/mol. The molecule has 0 fully saturated rings. The predicted molar refractivity (Wildman–Crippen MR) is 105 cm³/mol.